The number of carbonyl (C=O) groups excluding carboxylic acids is 1. The van der Waals surface area contributed by atoms with Crippen molar-refractivity contribution in [3.63, 3.8) is 0 Å². The van der Waals surface area contributed by atoms with Crippen LogP contribution in [0.5, 0.6) is 0 Å². The van der Waals surface area contributed by atoms with Crippen molar-refractivity contribution >= 4 is 29.7 Å². The molecule has 1 aliphatic heterocycles. The number of hydrogen-bond acceptors (Lipinski definition) is 2. The maximum atomic E-state index is 11.4. The van der Waals surface area contributed by atoms with E-state index in [9.17, 15) is 4.79 Å². The molecule has 0 aromatic heterocycles. The van der Waals surface area contributed by atoms with Crippen LogP contribution in [-0.2, 0) is 11.2 Å². The van der Waals surface area contributed by atoms with Crippen molar-refractivity contribution in [1.29, 1.82) is 0 Å². The van der Waals surface area contributed by atoms with Crippen molar-refractivity contribution < 1.29 is 4.79 Å². The van der Waals surface area contributed by atoms with E-state index in [-0.39, 0.29) is 18.3 Å². The van der Waals surface area contributed by atoms with Gasteiger partial charge in [-0.05, 0) is 24.1 Å². The predicted octanol–water partition coefficient (Wildman–Crippen LogP) is 1.60. The molecule has 76 valence electrons. The number of nitrogens with two attached hydrogens (primary N) is 1. The van der Waals surface area contributed by atoms with E-state index in [1.807, 2.05) is 18.2 Å². The lowest BCUT2D eigenvalue weighted by Crippen LogP contribution is -2.31. The standard InChI is InChI=1S/C10H12N2O.ClH/c1-12-9-6-8(11)4-2-7(9)3-5-10(12)13;/h2,4,6H,3,5,11H2,1H3;1H. The first-order valence-corrected chi connectivity index (χ1v) is 4.33. The van der Waals surface area contributed by atoms with Crippen LogP contribution >= 0.6 is 12.4 Å². The number of nitrogen functional groups attached to an aromatic ring is 1. The topological polar surface area (TPSA) is 46.3 Å². The second kappa shape index (κ2) is 3.88. The third-order valence-corrected chi connectivity index (χ3v) is 2.45. The number of fused-ring (bicyclic) bond motifs is 1. The molecule has 2 N–H and O–H groups in total. The summed E-state index contributed by atoms with van der Waals surface area (Å²) in [6, 6.07) is 5.72. The van der Waals surface area contributed by atoms with Crippen LogP contribution in [0, 0.1) is 0 Å². The van der Waals surface area contributed by atoms with E-state index in [1.54, 1.807) is 11.9 Å². The van der Waals surface area contributed by atoms with Crippen LogP contribution in [0.3, 0.4) is 0 Å². The molecule has 0 spiro atoms. The van der Waals surface area contributed by atoms with Crippen molar-refractivity contribution in [1.82, 2.24) is 0 Å². The molecular weight excluding hydrogens is 200 g/mol. The summed E-state index contributed by atoms with van der Waals surface area (Å²) in [4.78, 5) is 13.0. The number of rotatable bonds is 0. The molecule has 1 heterocycles. The summed E-state index contributed by atoms with van der Waals surface area (Å²) in [6.07, 6.45) is 1.44. The van der Waals surface area contributed by atoms with Gasteiger partial charge in [-0.25, -0.2) is 0 Å². The zero-order valence-electron chi connectivity index (χ0n) is 7.99. The molecule has 0 bridgehead atoms. The highest BCUT2D eigenvalue weighted by Gasteiger charge is 2.20. The minimum Gasteiger partial charge on any atom is -0.399 e. The van der Waals surface area contributed by atoms with Crippen molar-refractivity contribution in [3.8, 4) is 0 Å². The van der Waals surface area contributed by atoms with E-state index in [0.29, 0.717) is 12.1 Å². The van der Waals surface area contributed by atoms with E-state index < -0.39 is 0 Å². The third-order valence-electron chi connectivity index (χ3n) is 2.45. The Balaban J connectivity index is 0.000000980. The Bertz CT molecular complexity index is 365. The van der Waals surface area contributed by atoms with Gasteiger partial charge in [-0.15, -0.1) is 12.4 Å². The average molecular weight is 213 g/mol. The molecule has 1 aromatic rings. The van der Waals surface area contributed by atoms with Gasteiger partial charge in [0.2, 0.25) is 5.91 Å². The highest BCUT2D eigenvalue weighted by atomic mass is 35.5. The Morgan fingerprint density at radius 3 is 2.79 bits per heavy atom. The maximum Gasteiger partial charge on any atom is 0.227 e. The van der Waals surface area contributed by atoms with Gasteiger partial charge in [0, 0.05) is 24.8 Å². The summed E-state index contributed by atoms with van der Waals surface area (Å²) in [7, 11) is 1.79. The van der Waals surface area contributed by atoms with Gasteiger partial charge in [-0.2, -0.15) is 0 Å². The Morgan fingerprint density at radius 1 is 1.36 bits per heavy atom. The summed E-state index contributed by atoms with van der Waals surface area (Å²) in [5.74, 6) is 0.165. The van der Waals surface area contributed by atoms with Crippen molar-refractivity contribution in [3.05, 3.63) is 23.8 Å². The normalized spacial score (nSPS) is 14.6. The van der Waals surface area contributed by atoms with Crippen LogP contribution < -0.4 is 10.6 Å². The van der Waals surface area contributed by atoms with Crippen LogP contribution in [0.1, 0.15) is 12.0 Å². The number of nitrogens with zero attached hydrogens (tertiary/aromatic N) is 1. The van der Waals surface area contributed by atoms with Crippen molar-refractivity contribution in [2.75, 3.05) is 17.7 Å². The molecule has 1 amide bonds. The fourth-order valence-electron chi connectivity index (χ4n) is 1.65. The average Bonchev–Trinajstić information content (AvgIpc) is 2.12. The summed E-state index contributed by atoms with van der Waals surface area (Å²) < 4.78 is 0. The molecule has 0 atom stereocenters. The summed E-state index contributed by atoms with van der Waals surface area (Å²) in [5, 5.41) is 0. The van der Waals surface area contributed by atoms with Gasteiger partial charge in [0.05, 0.1) is 0 Å². The van der Waals surface area contributed by atoms with Crippen LogP contribution in [0.25, 0.3) is 0 Å². The number of benzene rings is 1. The van der Waals surface area contributed by atoms with Gasteiger partial charge in [0.15, 0.2) is 0 Å². The molecule has 2 rings (SSSR count). The van der Waals surface area contributed by atoms with E-state index in [1.165, 1.54) is 5.56 Å². The number of anilines is 2. The fraction of sp³-hybridized carbons (Fsp3) is 0.300. The highest BCUT2D eigenvalue weighted by molar-refractivity contribution is 5.96. The Hall–Kier alpha value is -1.22. The molecule has 0 fully saturated rings. The SMILES string of the molecule is CN1C(=O)CCc2ccc(N)cc21.Cl. The lowest BCUT2D eigenvalue weighted by atomic mass is 10.0. The molecule has 0 saturated heterocycles. The van der Waals surface area contributed by atoms with E-state index in [2.05, 4.69) is 0 Å². The van der Waals surface area contributed by atoms with Crippen LogP contribution in [0.2, 0.25) is 0 Å². The van der Waals surface area contributed by atoms with Crippen LogP contribution in [-0.4, -0.2) is 13.0 Å². The molecule has 14 heavy (non-hydrogen) atoms. The summed E-state index contributed by atoms with van der Waals surface area (Å²) in [5.41, 5.74) is 8.52. The van der Waals surface area contributed by atoms with Gasteiger partial charge >= 0.3 is 0 Å². The third kappa shape index (κ3) is 1.68. The Labute approximate surface area is 89.3 Å². The van der Waals surface area contributed by atoms with Gasteiger partial charge in [0.25, 0.3) is 0 Å². The second-order valence-corrected chi connectivity index (χ2v) is 3.34. The minimum atomic E-state index is 0. The molecule has 0 saturated carbocycles. The molecular formula is C10H13ClN2O. The van der Waals surface area contributed by atoms with E-state index in [4.69, 9.17) is 5.73 Å². The zero-order valence-corrected chi connectivity index (χ0v) is 8.80. The molecule has 1 aromatic carbocycles. The maximum absolute atomic E-state index is 11.4. The number of carbonyl (C=O) groups is 1. The Morgan fingerprint density at radius 2 is 2.07 bits per heavy atom. The molecule has 0 radical (unpaired) electrons. The number of hydrogen-bond donors (Lipinski definition) is 1. The zero-order chi connectivity index (χ0) is 9.42. The lowest BCUT2D eigenvalue weighted by Gasteiger charge is -2.25. The Kier molecular flexibility index (Phi) is 3.01. The van der Waals surface area contributed by atoms with Crippen molar-refractivity contribution in [2.45, 2.75) is 12.8 Å². The second-order valence-electron chi connectivity index (χ2n) is 3.34. The smallest absolute Gasteiger partial charge is 0.227 e. The number of amides is 1. The van der Waals surface area contributed by atoms with E-state index in [0.717, 1.165) is 12.1 Å². The van der Waals surface area contributed by atoms with Gasteiger partial charge in [-0.1, -0.05) is 6.07 Å². The molecule has 0 aliphatic carbocycles. The lowest BCUT2D eigenvalue weighted by molar-refractivity contribution is -0.118. The van der Waals surface area contributed by atoms with E-state index >= 15 is 0 Å². The summed E-state index contributed by atoms with van der Waals surface area (Å²) in [6.45, 7) is 0. The number of halogens is 1. The van der Waals surface area contributed by atoms with Gasteiger partial charge in [0.1, 0.15) is 0 Å². The fourth-order valence-corrected chi connectivity index (χ4v) is 1.65. The van der Waals surface area contributed by atoms with Crippen LogP contribution in [0.4, 0.5) is 11.4 Å². The molecule has 3 nitrogen and oxygen atoms in total. The molecule has 0 unspecified atom stereocenters. The molecule has 1 aliphatic rings. The predicted molar refractivity (Wildman–Crippen MR) is 59.8 cm³/mol. The largest absolute Gasteiger partial charge is 0.399 e. The molecule has 4 heteroatoms. The van der Waals surface area contributed by atoms with Crippen molar-refractivity contribution in [2.24, 2.45) is 0 Å². The quantitative estimate of drug-likeness (QED) is 0.664. The number of aryl methyl sites for hydroxylation is 1. The monoisotopic (exact) mass is 212 g/mol. The van der Waals surface area contributed by atoms with Gasteiger partial charge < -0.3 is 10.6 Å². The first-order valence-electron chi connectivity index (χ1n) is 4.33. The highest BCUT2D eigenvalue weighted by Crippen LogP contribution is 2.28. The van der Waals surface area contributed by atoms with Crippen LogP contribution in [0.15, 0.2) is 18.2 Å². The minimum absolute atomic E-state index is 0. The summed E-state index contributed by atoms with van der Waals surface area (Å²) >= 11 is 0. The first kappa shape index (κ1) is 10.9. The van der Waals surface area contributed by atoms with Gasteiger partial charge in [-0.3, -0.25) is 4.79 Å². The first-order chi connectivity index (χ1) is 6.18.